The molecule has 2 aromatic carbocycles. The summed E-state index contributed by atoms with van der Waals surface area (Å²) in [7, 11) is 0. The fourth-order valence-corrected chi connectivity index (χ4v) is 3.67. The zero-order chi connectivity index (χ0) is 17.4. The van der Waals surface area contributed by atoms with E-state index in [9.17, 15) is 4.79 Å². The van der Waals surface area contributed by atoms with E-state index in [0.29, 0.717) is 28.3 Å². The number of hydrogen-bond acceptors (Lipinski definition) is 3. The van der Waals surface area contributed by atoms with Crippen LogP contribution in [-0.4, -0.2) is 16.5 Å². The van der Waals surface area contributed by atoms with Crippen molar-refractivity contribution < 1.29 is 0 Å². The summed E-state index contributed by atoms with van der Waals surface area (Å²) in [6.07, 6.45) is 3.24. The van der Waals surface area contributed by atoms with Gasteiger partial charge in [0.25, 0.3) is 5.56 Å². The van der Waals surface area contributed by atoms with E-state index in [2.05, 4.69) is 40.0 Å². The first kappa shape index (κ1) is 16.2. The van der Waals surface area contributed by atoms with Crippen molar-refractivity contribution in [1.29, 1.82) is 0 Å². The summed E-state index contributed by atoms with van der Waals surface area (Å²) < 4.78 is 0. The van der Waals surface area contributed by atoms with E-state index in [0.717, 1.165) is 25.8 Å². The number of aromatic amines is 1. The highest BCUT2D eigenvalue weighted by Gasteiger charge is 2.18. The standard InChI is InChI=1S/C20H20ClN3O/c1-2-13-5-6-14-4-3-9-24(18(14)10-13)12-19-22-17-8-7-15(21)11-16(17)20(25)23-19/h5-8,10-11H,2-4,9,12H2,1H3,(H,22,23,25). The maximum atomic E-state index is 12.4. The molecule has 0 saturated carbocycles. The molecule has 0 spiro atoms. The van der Waals surface area contributed by atoms with Gasteiger partial charge in [-0.3, -0.25) is 4.79 Å². The van der Waals surface area contributed by atoms with Crippen LogP contribution in [0.4, 0.5) is 5.69 Å². The summed E-state index contributed by atoms with van der Waals surface area (Å²) in [6.45, 7) is 3.75. The molecule has 0 unspecified atom stereocenters. The van der Waals surface area contributed by atoms with Crippen LogP contribution >= 0.6 is 11.6 Å². The molecule has 1 aliphatic rings. The molecule has 1 N–H and O–H groups in total. The van der Waals surface area contributed by atoms with E-state index in [4.69, 9.17) is 11.6 Å². The van der Waals surface area contributed by atoms with Crippen molar-refractivity contribution in [2.75, 3.05) is 11.4 Å². The summed E-state index contributed by atoms with van der Waals surface area (Å²) in [5, 5.41) is 1.08. The minimum absolute atomic E-state index is 0.137. The summed E-state index contributed by atoms with van der Waals surface area (Å²) in [6, 6.07) is 11.9. The van der Waals surface area contributed by atoms with Gasteiger partial charge in [-0.2, -0.15) is 0 Å². The summed E-state index contributed by atoms with van der Waals surface area (Å²) >= 11 is 5.98. The second-order valence-corrected chi connectivity index (χ2v) is 6.95. The van der Waals surface area contributed by atoms with Gasteiger partial charge >= 0.3 is 0 Å². The number of fused-ring (bicyclic) bond motifs is 2. The zero-order valence-corrected chi connectivity index (χ0v) is 14.9. The van der Waals surface area contributed by atoms with Gasteiger partial charge < -0.3 is 9.88 Å². The molecule has 4 rings (SSSR count). The lowest BCUT2D eigenvalue weighted by Gasteiger charge is -2.31. The van der Waals surface area contributed by atoms with Crippen molar-refractivity contribution in [2.24, 2.45) is 0 Å². The van der Waals surface area contributed by atoms with E-state index in [-0.39, 0.29) is 5.56 Å². The minimum atomic E-state index is -0.137. The predicted octanol–water partition coefficient (Wildman–Crippen LogP) is 4.09. The molecule has 0 saturated heterocycles. The summed E-state index contributed by atoms with van der Waals surface area (Å²) in [5.74, 6) is 0.689. The second kappa shape index (κ2) is 6.52. The first-order valence-corrected chi connectivity index (χ1v) is 9.07. The maximum absolute atomic E-state index is 12.4. The number of aromatic nitrogens is 2. The Bertz CT molecular complexity index is 996. The first-order valence-electron chi connectivity index (χ1n) is 8.69. The normalized spacial score (nSPS) is 13.9. The molecule has 0 fully saturated rings. The molecule has 2 heterocycles. The lowest BCUT2D eigenvalue weighted by molar-refractivity contribution is 0.673. The fraction of sp³-hybridized carbons (Fsp3) is 0.300. The third-order valence-corrected chi connectivity index (χ3v) is 5.06. The number of nitrogens with zero attached hydrogens (tertiary/aromatic N) is 2. The predicted molar refractivity (Wildman–Crippen MR) is 103 cm³/mol. The number of anilines is 1. The molecule has 0 amide bonds. The van der Waals surface area contributed by atoms with Gasteiger partial charge in [0, 0.05) is 17.3 Å². The van der Waals surface area contributed by atoms with Gasteiger partial charge in [-0.15, -0.1) is 0 Å². The number of nitrogens with one attached hydrogen (secondary N) is 1. The van der Waals surface area contributed by atoms with Gasteiger partial charge in [0.05, 0.1) is 17.4 Å². The highest BCUT2D eigenvalue weighted by molar-refractivity contribution is 6.31. The van der Waals surface area contributed by atoms with Crippen LogP contribution in [0.5, 0.6) is 0 Å². The quantitative estimate of drug-likeness (QED) is 0.771. The van der Waals surface area contributed by atoms with Crippen molar-refractivity contribution in [2.45, 2.75) is 32.7 Å². The van der Waals surface area contributed by atoms with Gasteiger partial charge in [0.15, 0.2) is 0 Å². The van der Waals surface area contributed by atoms with Crippen LogP contribution in [0.15, 0.2) is 41.2 Å². The second-order valence-electron chi connectivity index (χ2n) is 6.52. The van der Waals surface area contributed by atoms with Crippen molar-refractivity contribution >= 4 is 28.2 Å². The van der Waals surface area contributed by atoms with E-state index < -0.39 is 0 Å². The Labute approximate surface area is 151 Å². The lowest BCUT2D eigenvalue weighted by Crippen LogP contribution is -2.30. The van der Waals surface area contributed by atoms with Crippen LogP contribution < -0.4 is 10.5 Å². The number of benzene rings is 2. The van der Waals surface area contributed by atoms with Crippen LogP contribution in [0.25, 0.3) is 10.9 Å². The third kappa shape index (κ3) is 3.14. The molecule has 1 aliphatic heterocycles. The smallest absolute Gasteiger partial charge is 0.258 e. The average molecular weight is 354 g/mol. The number of H-pyrrole nitrogens is 1. The number of aryl methyl sites for hydroxylation is 2. The average Bonchev–Trinajstić information content (AvgIpc) is 2.62. The van der Waals surface area contributed by atoms with E-state index in [1.807, 2.05) is 0 Å². The molecule has 4 nitrogen and oxygen atoms in total. The topological polar surface area (TPSA) is 49.0 Å². The molecule has 128 valence electrons. The largest absolute Gasteiger partial charge is 0.364 e. The molecule has 0 atom stereocenters. The zero-order valence-electron chi connectivity index (χ0n) is 14.2. The highest BCUT2D eigenvalue weighted by Crippen LogP contribution is 2.29. The molecular formula is C20H20ClN3O. The molecule has 1 aromatic heterocycles. The minimum Gasteiger partial charge on any atom is -0.364 e. The van der Waals surface area contributed by atoms with Crippen molar-refractivity contribution in [3.05, 3.63) is 68.7 Å². The van der Waals surface area contributed by atoms with Gasteiger partial charge in [-0.25, -0.2) is 4.98 Å². The van der Waals surface area contributed by atoms with Crippen LogP contribution in [-0.2, 0) is 19.4 Å². The summed E-state index contributed by atoms with van der Waals surface area (Å²) in [5.41, 5.74) is 4.52. The molecule has 25 heavy (non-hydrogen) atoms. The summed E-state index contributed by atoms with van der Waals surface area (Å²) in [4.78, 5) is 22.2. The van der Waals surface area contributed by atoms with Crippen molar-refractivity contribution in [3.8, 4) is 0 Å². The number of hydrogen-bond donors (Lipinski definition) is 1. The van der Waals surface area contributed by atoms with Gasteiger partial charge in [0.2, 0.25) is 0 Å². The fourth-order valence-electron chi connectivity index (χ4n) is 3.50. The third-order valence-electron chi connectivity index (χ3n) is 4.83. The van der Waals surface area contributed by atoms with Gasteiger partial charge in [-0.1, -0.05) is 30.7 Å². The molecule has 0 bridgehead atoms. The maximum Gasteiger partial charge on any atom is 0.258 e. The van der Waals surface area contributed by atoms with E-state index in [1.54, 1.807) is 18.2 Å². The number of rotatable bonds is 3. The van der Waals surface area contributed by atoms with Crippen molar-refractivity contribution in [3.63, 3.8) is 0 Å². The first-order chi connectivity index (χ1) is 12.1. The van der Waals surface area contributed by atoms with Crippen LogP contribution in [0, 0.1) is 0 Å². The van der Waals surface area contributed by atoms with Crippen LogP contribution in [0.3, 0.4) is 0 Å². The molecule has 0 radical (unpaired) electrons. The van der Waals surface area contributed by atoms with Gasteiger partial charge in [0.1, 0.15) is 5.82 Å². The number of halogens is 1. The molecule has 3 aromatic rings. The SMILES string of the molecule is CCc1ccc2c(c1)N(Cc1nc3ccc(Cl)cc3c(=O)[nH]1)CCC2. The van der Waals surface area contributed by atoms with Crippen LogP contribution in [0.2, 0.25) is 5.02 Å². The molecule has 0 aliphatic carbocycles. The highest BCUT2D eigenvalue weighted by atomic mass is 35.5. The van der Waals surface area contributed by atoms with Crippen LogP contribution in [0.1, 0.15) is 30.3 Å². The monoisotopic (exact) mass is 353 g/mol. The Hall–Kier alpha value is -2.33. The van der Waals surface area contributed by atoms with Gasteiger partial charge in [-0.05, 0) is 54.7 Å². The molecule has 5 heteroatoms. The Morgan fingerprint density at radius 2 is 2.12 bits per heavy atom. The van der Waals surface area contributed by atoms with Crippen molar-refractivity contribution in [1.82, 2.24) is 9.97 Å². The molecular weight excluding hydrogens is 334 g/mol. The Morgan fingerprint density at radius 3 is 2.96 bits per heavy atom. The Balaban J connectivity index is 1.71. The van der Waals surface area contributed by atoms with E-state index in [1.165, 1.54) is 16.8 Å². The lowest BCUT2D eigenvalue weighted by atomic mass is 9.99. The van der Waals surface area contributed by atoms with E-state index >= 15 is 0 Å². The Kier molecular flexibility index (Phi) is 4.22. The Morgan fingerprint density at radius 1 is 1.24 bits per heavy atom.